The summed E-state index contributed by atoms with van der Waals surface area (Å²) in [6.07, 6.45) is -4.38. The van der Waals surface area contributed by atoms with E-state index in [1.54, 1.807) is 25.1 Å². The average Bonchev–Trinajstić information content (AvgIpc) is 2.65. The van der Waals surface area contributed by atoms with Gasteiger partial charge in [-0.25, -0.2) is 0 Å². The smallest absolute Gasteiger partial charge is 0.378 e. The fourth-order valence-corrected chi connectivity index (χ4v) is 2.57. The van der Waals surface area contributed by atoms with Crippen molar-refractivity contribution in [3.8, 4) is 0 Å². The number of hydrogen-bond donors (Lipinski definition) is 2. The van der Waals surface area contributed by atoms with Crippen LogP contribution in [0.5, 0.6) is 0 Å². The SMILES string of the molecule is CC(CC(=O)NNC(=O)c1cccc(N(C)C)c1)c1ccc(C(F)(F)F)cc1. The maximum Gasteiger partial charge on any atom is 0.416 e. The lowest BCUT2D eigenvalue weighted by Gasteiger charge is -2.15. The summed E-state index contributed by atoms with van der Waals surface area (Å²) in [5.41, 5.74) is 5.78. The molecule has 0 saturated carbocycles. The molecular weight excluding hydrogens is 371 g/mol. The zero-order chi connectivity index (χ0) is 20.9. The Hall–Kier alpha value is -3.03. The molecule has 2 N–H and O–H groups in total. The molecule has 0 heterocycles. The molecular formula is C20H22F3N3O2. The van der Waals surface area contributed by atoms with Crippen molar-refractivity contribution in [1.29, 1.82) is 0 Å². The quantitative estimate of drug-likeness (QED) is 0.761. The lowest BCUT2D eigenvalue weighted by atomic mass is 9.96. The highest BCUT2D eigenvalue weighted by atomic mass is 19.4. The van der Waals surface area contributed by atoms with Crippen LogP contribution in [-0.4, -0.2) is 25.9 Å². The predicted octanol–water partition coefficient (Wildman–Crippen LogP) is 3.73. The van der Waals surface area contributed by atoms with Gasteiger partial charge < -0.3 is 4.90 Å². The number of nitrogens with zero attached hydrogens (tertiary/aromatic N) is 1. The van der Waals surface area contributed by atoms with Crippen LogP contribution in [0.1, 0.15) is 40.7 Å². The molecule has 2 amide bonds. The second kappa shape index (κ2) is 8.77. The molecule has 1 atom stereocenters. The average molecular weight is 393 g/mol. The van der Waals surface area contributed by atoms with Crippen molar-refractivity contribution in [2.24, 2.45) is 0 Å². The normalized spacial score (nSPS) is 12.2. The molecule has 2 aromatic carbocycles. The standard InChI is InChI=1S/C20H22F3N3O2/c1-13(14-7-9-16(10-8-14)20(21,22)23)11-18(27)24-25-19(28)15-5-4-6-17(12-15)26(2)3/h4-10,12-13H,11H2,1-3H3,(H,24,27)(H,25,28). The largest absolute Gasteiger partial charge is 0.416 e. The van der Waals surface area contributed by atoms with E-state index in [2.05, 4.69) is 10.9 Å². The molecule has 0 aliphatic rings. The Balaban J connectivity index is 1.89. The fourth-order valence-electron chi connectivity index (χ4n) is 2.57. The third-order valence-corrected chi connectivity index (χ3v) is 4.24. The van der Waals surface area contributed by atoms with E-state index < -0.39 is 23.6 Å². The first kappa shape index (κ1) is 21.3. The van der Waals surface area contributed by atoms with Crippen LogP contribution in [0.3, 0.4) is 0 Å². The van der Waals surface area contributed by atoms with Crippen LogP contribution < -0.4 is 15.8 Å². The van der Waals surface area contributed by atoms with E-state index in [0.29, 0.717) is 11.1 Å². The van der Waals surface area contributed by atoms with E-state index in [9.17, 15) is 22.8 Å². The summed E-state index contributed by atoms with van der Waals surface area (Å²) in [7, 11) is 3.70. The van der Waals surface area contributed by atoms with Crippen molar-refractivity contribution in [3.63, 3.8) is 0 Å². The van der Waals surface area contributed by atoms with Gasteiger partial charge in [-0.05, 0) is 41.8 Å². The van der Waals surface area contributed by atoms with Crippen LogP contribution in [0.15, 0.2) is 48.5 Å². The van der Waals surface area contributed by atoms with E-state index in [1.807, 2.05) is 25.1 Å². The number of nitrogens with one attached hydrogen (secondary N) is 2. The van der Waals surface area contributed by atoms with Crippen LogP contribution >= 0.6 is 0 Å². The summed E-state index contributed by atoms with van der Waals surface area (Å²) < 4.78 is 37.8. The first-order valence-corrected chi connectivity index (χ1v) is 8.61. The molecule has 1 unspecified atom stereocenters. The minimum atomic E-state index is -4.40. The summed E-state index contributed by atoms with van der Waals surface area (Å²) in [4.78, 5) is 26.1. The Morgan fingerprint density at radius 2 is 1.68 bits per heavy atom. The second-order valence-corrected chi connectivity index (χ2v) is 6.67. The van der Waals surface area contributed by atoms with Crippen molar-refractivity contribution in [3.05, 3.63) is 65.2 Å². The number of halogens is 3. The molecule has 150 valence electrons. The van der Waals surface area contributed by atoms with Crippen LogP contribution in [0.2, 0.25) is 0 Å². The summed E-state index contributed by atoms with van der Waals surface area (Å²) in [6.45, 7) is 1.73. The topological polar surface area (TPSA) is 61.4 Å². The number of alkyl halides is 3. The van der Waals surface area contributed by atoms with Gasteiger partial charge >= 0.3 is 6.18 Å². The molecule has 28 heavy (non-hydrogen) atoms. The van der Waals surface area contributed by atoms with Gasteiger partial charge in [-0.2, -0.15) is 13.2 Å². The van der Waals surface area contributed by atoms with Gasteiger partial charge in [0.1, 0.15) is 0 Å². The lowest BCUT2D eigenvalue weighted by Crippen LogP contribution is -2.42. The zero-order valence-corrected chi connectivity index (χ0v) is 15.8. The number of benzene rings is 2. The van der Waals surface area contributed by atoms with Crippen molar-refractivity contribution >= 4 is 17.5 Å². The number of carbonyl (C=O) groups excluding carboxylic acids is 2. The fraction of sp³-hybridized carbons (Fsp3) is 0.300. The Kier molecular flexibility index (Phi) is 6.66. The maximum absolute atomic E-state index is 12.6. The number of carbonyl (C=O) groups is 2. The highest BCUT2D eigenvalue weighted by Gasteiger charge is 2.30. The lowest BCUT2D eigenvalue weighted by molar-refractivity contribution is -0.137. The molecule has 2 aromatic rings. The summed E-state index contributed by atoms with van der Waals surface area (Å²) in [5, 5.41) is 0. The van der Waals surface area contributed by atoms with Gasteiger partial charge in [-0.15, -0.1) is 0 Å². The summed E-state index contributed by atoms with van der Waals surface area (Å²) in [5.74, 6) is -1.21. The van der Waals surface area contributed by atoms with Gasteiger partial charge in [0.25, 0.3) is 5.91 Å². The number of rotatable bonds is 5. The van der Waals surface area contributed by atoms with Gasteiger partial charge in [-0.1, -0.05) is 25.1 Å². The van der Waals surface area contributed by atoms with E-state index >= 15 is 0 Å². The minimum Gasteiger partial charge on any atom is -0.378 e. The summed E-state index contributed by atoms with van der Waals surface area (Å²) in [6, 6.07) is 11.6. The van der Waals surface area contributed by atoms with E-state index in [1.165, 1.54) is 12.1 Å². The highest BCUT2D eigenvalue weighted by Crippen LogP contribution is 2.30. The van der Waals surface area contributed by atoms with E-state index in [-0.39, 0.29) is 12.3 Å². The van der Waals surface area contributed by atoms with Gasteiger partial charge in [0.05, 0.1) is 5.56 Å². The van der Waals surface area contributed by atoms with E-state index in [4.69, 9.17) is 0 Å². The van der Waals surface area contributed by atoms with E-state index in [0.717, 1.165) is 17.8 Å². The van der Waals surface area contributed by atoms with Crippen LogP contribution in [0.25, 0.3) is 0 Å². The number of hydrazine groups is 1. The van der Waals surface area contributed by atoms with Crippen molar-refractivity contribution in [2.45, 2.75) is 25.4 Å². The van der Waals surface area contributed by atoms with Gasteiger partial charge in [0.15, 0.2) is 0 Å². The third kappa shape index (κ3) is 5.73. The van der Waals surface area contributed by atoms with Crippen molar-refractivity contribution < 1.29 is 22.8 Å². The molecule has 5 nitrogen and oxygen atoms in total. The molecule has 0 fully saturated rings. The Morgan fingerprint density at radius 3 is 2.25 bits per heavy atom. The van der Waals surface area contributed by atoms with Crippen LogP contribution in [0.4, 0.5) is 18.9 Å². The molecule has 0 spiro atoms. The molecule has 0 aromatic heterocycles. The Bertz CT molecular complexity index is 833. The molecule has 0 bridgehead atoms. The first-order valence-electron chi connectivity index (χ1n) is 8.61. The molecule has 0 aliphatic heterocycles. The Labute approximate surface area is 161 Å². The predicted molar refractivity (Wildman–Crippen MR) is 101 cm³/mol. The monoisotopic (exact) mass is 393 g/mol. The number of amides is 2. The number of hydrogen-bond acceptors (Lipinski definition) is 3. The molecule has 2 rings (SSSR count). The molecule has 0 aliphatic carbocycles. The second-order valence-electron chi connectivity index (χ2n) is 6.67. The molecule has 8 heteroatoms. The Morgan fingerprint density at radius 1 is 1.04 bits per heavy atom. The third-order valence-electron chi connectivity index (χ3n) is 4.24. The maximum atomic E-state index is 12.6. The van der Waals surface area contributed by atoms with Gasteiger partial charge in [0, 0.05) is 31.8 Å². The highest BCUT2D eigenvalue weighted by molar-refractivity contribution is 5.96. The van der Waals surface area contributed by atoms with Crippen molar-refractivity contribution in [2.75, 3.05) is 19.0 Å². The van der Waals surface area contributed by atoms with Gasteiger partial charge in [-0.3, -0.25) is 20.4 Å². The van der Waals surface area contributed by atoms with Crippen molar-refractivity contribution in [1.82, 2.24) is 10.9 Å². The van der Waals surface area contributed by atoms with Gasteiger partial charge in [0.2, 0.25) is 5.91 Å². The van der Waals surface area contributed by atoms with Crippen LogP contribution in [0, 0.1) is 0 Å². The summed E-state index contributed by atoms with van der Waals surface area (Å²) >= 11 is 0. The molecule has 0 saturated heterocycles. The molecule has 0 radical (unpaired) electrons. The minimum absolute atomic E-state index is 0.0172. The first-order chi connectivity index (χ1) is 13.1. The zero-order valence-electron chi connectivity index (χ0n) is 15.8. The number of anilines is 1. The van der Waals surface area contributed by atoms with Crippen LogP contribution in [-0.2, 0) is 11.0 Å².